The minimum atomic E-state index is -0.0417. The van der Waals surface area contributed by atoms with Gasteiger partial charge in [-0.25, -0.2) is 0 Å². The first kappa shape index (κ1) is 8.98. The number of hydrogen-bond donors (Lipinski definition) is 2. The molecule has 0 atom stereocenters. The van der Waals surface area contributed by atoms with Crippen molar-refractivity contribution in [2.75, 3.05) is 0 Å². The Morgan fingerprint density at radius 2 is 1.87 bits per heavy atom. The highest BCUT2D eigenvalue weighted by atomic mass is 14.8. The first-order chi connectivity index (χ1) is 7.10. The maximum atomic E-state index is 6.25. The summed E-state index contributed by atoms with van der Waals surface area (Å²) in [7, 11) is 0. The fourth-order valence-electron chi connectivity index (χ4n) is 2.20. The van der Waals surface area contributed by atoms with E-state index in [1.807, 2.05) is 0 Å². The van der Waals surface area contributed by atoms with Crippen LogP contribution in [-0.2, 0) is 5.54 Å². The monoisotopic (exact) mass is 200 g/mol. The second kappa shape index (κ2) is 2.64. The van der Waals surface area contributed by atoms with E-state index in [1.54, 1.807) is 0 Å². The van der Waals surface area contributed by atoms with Gasteiger partial charge in [0.15, 0.2) is 0 Å². The van der Waals surface area contributed by atoms with Crippen LogP contribution in [0.2, 0.25) is 0 Å². The SMILES string of the molecule is Cc1cc2[nH]cc(C3(N)CC3)c2cc1C. The largest absolute Gasteiger partial charge is 0.361 e. The molecular weight excluding hydrogens is 184 g/mol. The zero-order valence-electron chi connectivity index (χ0n) is 9.22. The third kappa shape index (κ3) is 1.21. The molecule has 1 aliphatic rings. The number of aromatic amines is 1. The maximum Gasteiger partial charge on any atom is 0.0460 e. The number of aryl methyl sites for hydroxylation is 2. The Hall–Kier alpha value is -1.28. The predicted octanol–water partition coefficient (Wildman–Crippen LogP) is 2.73. The summed E-state index contributed by atoms with van der Waals surface area (Å²) in [4.78, 5) is 3.32. The van der Waals surface area contributed by atoms with E-state index in [0.29, 0.717) is 0 Å². The fraction of sp³-hybridized carbons (Fsp3) is 0.385. The lowest BCUT2D eigenvalue weighted by Crippen LogP contribution is -2.17. The van der Waals surface area contributed by atoms with Crippen LogP contribution >= 0.6 is 0 Å². The summed E-state index contributed by atoms with van der Waals surface area (Å²) >= 11 is 0. The number of nitrogens with one attached hydrogen (secondary N) is 1. The highest BCUT2D eigenvalue weighted by Gasteiger charge is 2.41. The van der Waals surface area contributed by atoms with E-state index in [-0.39, 0.29) is 5.54 Å². The predicted molar refractivity (Wildman–Crippen MR) is 62.9 cm³/mol. The van der Waals surface area contributed by atoms with E-state index < -0.39 is 0 Å². The highest BCUT2D eigenvalue weighted by Crippen LogP contribution is 2.45. The van der Waals surface area contributed by atoms with Crippen molar-refractivity contribution in [3.63, 3.8) is 0 Å². The van der Waals surface area contributed by atoms with Crippen LogP contribution < -0.4 is 5.73 Å². The van der Waals surface area contributed by atoms with E-state index in [0.717, 1.165) is 12.8 Å². The van der Waals surface area contributed by atoms with Crippen molar-refractivity contribution >= 4 is 10.9 Å². The second-order valence-corrected chi connectivity index (χ2v) is 4.84. The van der Waals surface area contributed by atoms with Crippen LogP contribution in [0.15, 0.2) is 18.3 Å². The number of H-pyrrole nitrogens is 1. The van der Waals surface area contributed by atoms with Gasteiger partial charge in [0.1, 0.15) is 0 Å². The second-order valence-electron chi connectivity index (χ2n) is 4.84. The third-order valence-corrected chi connectivity index (χ3v) is 3.62. The summed E-state index contributed by atoms with van der Waals surface area (Å²) in [5.41, 5.74) is 11.4. The van der Waals surface area contributed by atoms with Gasteiger partial charge in [-0.3, -0.25) is 0 Å². The van der Waals surface area contributed by atoms with Gasteiger partial charge in [0.2, 0.25) is 0 Å². The van der Waals surface area contributed by atoms with Gasteiger partial charge in [0.05, 0.1) is 0 Å². The highest BCUT2D eigenvalue weighted by molar-refractivity contribution is 5.86. The first-order valence-electron chi connectivity index (χ1n) is 5.48. The molecular formula is C13H16N2. The van der Waals surface area contributed by atoms with Crippen molar-refractivity contribution in [1.82, 2.24) is 4.98 Å². The number of rotatable bonds is 1. The Balaban J connectivity index is 2.29. The van der Waals surface area contributed by atoms with Crippen LogP contribution in [0.3, 0.4) is 0 Å². The molecule has 1 aliphatic carbocycles. The summed E-state index contributed by atoms with van der Waals surface area (Å²) in [6, 6.07) is 4.46. The minimum absolute atomic E-state index is 0.0417. The molecule has 3 N–H and O–H groups in total. The molecule has 0 aliphatic heterocycles. The lowest BCUT2D eigenvalue weighted by atomic mass is 10.0. The van der Waals surface area contributed by atoms with E-state index in [9.17, 15) is 0 Å². The van der Waals surface area contributed by atoms with Gasteiger partial charge >= 0.3 is 0 Å². The molecule has 1 aromatic heterocycles. The lowest BCUT2D eigenvalue weighted by molar-refractivity contribution is 0.747. The number of nitrogens with two attached hydrogens (primary N) is 1. The molecule has 15 heavy (non-hydrogen) atoms. The van der Waals surface area contributed by atoms with Gasteiger partial charge in [0, 0.05) is 22.6 Å². The standard InChI is InChI=1S/C13H16N2/c1-8-5-10-11(13(14)3-4-13)7-15-12(10)6-9(8)2/h5-7,15H,3-4,14H2,1-2H3. The first-order valence-corrected chi connectivity index (χ1v) is 5.48. The van der Waals surface area contributed by atoms with Gasteiger partial charge in [-0.2, -0.15) is 0 Å². The Morgan fingerprint density at radius 3 is 2.53 bits per heavy atom. The van der Waals surface area contributed by atoms with Gasteiger partial charge < -0.3 is 10.7 Å². The minimum Gasteiger partial charge on any atom is -0.361 e. The normalized spacial score (nSPS) is 18.3. The zero-order valence-corrected chi connectivity index (χ0v) is 9.22. The molecule has 2 heteroatoms. The Bertz CT molecular complexity index is 533. The summed E-state index contributed by atoms with van der Waals surface area (Å²) in [5.74, 6) is 0. The molecule has 2 aromatic rings. The zero-order chi connectivity index (χ0) is 10.6. The van der Waals surface area contributed by atoms with Gasteiger partial charge in [-0.1, -0.05) is 0 Å². The molecule has 1 heterocycles. The average molecular weight is 200 g/mol. The van der Waals surface area contributed by atoms with Crippen molar-refractivity contribution < 1.29 is 0 Å². The van der Waals surface area contributed by atoms with Crippen molar-refractivity contribution in [3.05, 3.63) is 35.0 Å². The topological polar surface area (TPSA) is 41.8 Å². The summed E-state index contributed by atoms with van der Waals surface area (Å²) in [6.45, 7) is 4.30. The number of benzene rings is 1. The maximum absolute atomic E-state index is 6.25. The Labute approximate surface area is 89.5 Å². The molecule has 0 saturated heterocycles. The van der Waals surface area contributed by atoms with Crippen molar-refractivity contribution in [2.24, 2.45) is 5.73 Å². The average Bonchev–Trinajstić information content (AvgIpc) is 2.79. The van der Waals surface area contributed by atoms with Gasteiger partial charge in [-0.15, -0.1) is 0 Å². The molecule has 0 spiro atoms. The molecule has 1 saturated carbocycles. The van der Waals surface area contributed by atoms with Gasteiger partial charge in [-0.05, 0) is 55.5 Å². The quantitative estimate of drug-likeness (QED) is 0.730. The molecule has 0 radical (unpaired) electrons. The molecule has 0 bridgehead atoms. The van der Waals surface area contributed by atoms with Crippen molar-refractivity contribution in [3.8, 4) is 0 Å². The fourth-order valence-corrected chi connectivity index (χ4v) is 2.20. The van der Waals surface area contributed by atoms with Crippen LogP contribution in [0.1, 0.15) is 29.5 Å². The van der Waals surface area contributed by atoms with Crippen LogP contribution in [0.5, 0.6) is 0 Å². The van der Waals surface area contributed by atoms with Gasteiger partial charge in [0.25, 0.3) is 0 Å². The van der Waals surface area contributed by atoms with E-state index in [4.69, 9.17) is 5.73 Å². The lowest BCUT2D eigenvalue weighted by Gasteiger charge is -2.07. The Morgan fingerprint density at radius 1 is 1.20 bits per heavy atom. The van der Waals surface area contributed by atoms with E-state index in [2.05, 4.69) is 37.2 Å². The van der Waals surface area contributed by atoms with Crippen molar-refractivity contribution in [1.29, 1.82) is 0 Å². The Kier molecular flexibility index (Phi) is 1.58. The summed E-state index contributed by atoms with van der Waals surface area (Å²) in [6.07, 6.45) is 4.32. The smallest absolute Gasteiger partial charge is 0.0460 e. The van der Waals surface area contributed by atoms with E-state index in [1.165, 1.54) is 27.6 Å². The van der Waals surface area contributed by atoms with Crippen LogP contribution in [-0.4, -0.2) is 4.98 Å². The number of fused-ring (bicyclic) bond motifs is 1. The van der Waals surface area contributed by atoms with Crippen molar-refractivity contribution in [2.45, 2.75) is 32.2 Å². The summed E-state index contributed by atoms with van der Waals surface area (Å²) < 4.78 is 0. The van der Waals surface area contributed by atoms with Crippen LogP contribution in [0.25, 0.3) is 10.9 Å². The molecule has 1 aromatic carbocycles. The molecule has 0 amide bonds. The number of hydrogen-bond acceptors (Lipinski definition) is 1. The van der Waals surface area contributed by atoms with E-state index >= 15 is 0 Å². The molecule has 1 fully saturated rings. The molecule has 2 nitrogen and oxygen atoms in total. The molecule has 3 rings (SSSR count). The molecule has 0 unspecified atom stereocenters. The third-order valence-electron chi connectivity index (χ3n) is 3.62. The molecule has 78 valence electrons. The summed E-state index contributed by atoms with van der Waals surface area (Å²) in [5, 5.41) is 1.30. The van der Waals surface area contributed by atoms with Crippen LogP contribution in [0, 0.1) is 13.8 Å². The van der Waals surface area contributed by atoms with Crippen LogP contribution in [0.4, 0.5) is 0 Å². The number of aromatic nitrogens is 1.